The van der Waals surface area contributed by atoms with E-state index in [-0.39, 0.29) is 35.0 Å². The first kappa shape index (κ1) is 20.6. The van der Waals surface area contributed by atoms with Gasteiger partial charge in [0.15, 0.2) is 0 Å². The van der Waals surface area contributed by atoms with Crippen molar-refractivity contribution in [2.75, 3.05) is 43.5 Å². The van der Waals surface area contributed by atoms with Crippen LogP contribution in [0.15, 0.2) is 28.0 Å². The molecule has 0 spiro atoms. The maximum atomic E-state index is 13.0. The molecule has 2 amide bonds. The highest BCUT2D eigenvalue weighted by molar-refractivity contribution is 8.00. The fourth-order valence-electron chi connectivity index (χ4n) is 3.94. The van der Waals surface area contributed by atoms with Gasteiger partial charge in [0, 0.05) is 24.0 Å². The number of thioether (sulfide) groups is 1. The summed E-state index contributed by atoms with van der Waals surface area (Å²) in [6, 6.07) is 4.99. The van der Waals surface area contributed by atoms with E-state index in [1.54, 1.807) is 12.1 Å². The first-order valence-electron chi connectivity index (χ1n) is 9.89. The van der Waals surface area contributed by atoms with E-state index < -0.39 is 10.0 Å². The summed E-state index contributed by atoms with van der Waals surface area (Å²) in [7, 11) is -3.68. The van der Waals surface area contributed by atoms with E-state index in [1.807, 2.05) is 0 Å². The second-order valence-corrected chi connectivity index (χ2v) is 10.4. The van der Waals surface area contributed by atoms with Gasteiger partial charge >= 0.3 is 0 Å². The van der Waals surface area contributed by atoms with E-state index in [2.05, 4.69) is 5.32 Å². The summed E-state index contributed by atoms with van der Waals surface area (Å²) in [5.41, 5.74) is 0.488. The molecule has 0 aromatic heterocycles. The molecule has 3 aliphatic rings. The number of hydrogen-bond donors (Lipinski definition) is 1. The maximum absolute atomic E-state index is 13.0. The number of nitrogens with zero attached hydrogens (tertiary/aromatic N) is 2. The number of carbonyl (C=O) groups excluding carboxylic acids is 2. The molecule has 1 aromatic carbocycles. The molecule has 158 valence electrons. The third kappa shape index (κ3) is 4.45. The van der Waals surface area contributed by atoms with Crippen LogP contribution in [0.4, 0.5) is 5.69 Å². The topological polar surface area (TPSA) is 96.0 Å². The summed E-state index contributed by atoms with van der Waals surface area (Å²) in [5, 5.41) is 2.99. The average molecular weight is 440 g/mol. The highest BCUT2D eigenvalue weighted by atomic mass is 32.2. The quantitative estimate of drug-likeness (QED) is 0.741. The van der Waals surface area contributed by atoms with Crippen molar-refractivity contribution in [1.82, 2.24) is 9.62 Å². The molecular weight excluding hydrogens is 414 g/mol. The van der Waals surface area contributed by atoms with Crippen molar-refractivity contribution in [3.05, 3.63) is 18.2 Å². The van der Waals surface area contributed by atoms with Gasteiger partial charge in [-0.05, 0) is 31.0 Å². The molecule has 1 aromatic rings. The number of ether oxygens (including phenoxy) is 1. The van der Waals surface area contributed by atoms with Crippen LogP contribution in [0.25, 0.3) is 0 Å². The number of anilines is 1. The molecule has 29 heavy (non-hydrogen) atoms. The Balaban J connectivity index is 1.57. The lowest BCUT2D eigenvalue weighted by Crippen LogP contribution is -2.45. The fourth-order valence-corrected chi connectivity index (χ4v) is 6.28. The minimum Gasteiger partial charge on any atom is -0.379 e. The summed E-state index contributed by atoms with van der Waals surface area (Å²) in [5.74, 6) is -0.159. The molecule has 8 nitrogen and oxygen atoms in total. The summed E-state index contributed by atoms with van der Waals surface area (Å²) in [6.45, 7) is 1.25. The molecule has 0 atom stereocenters. The highest BCUT2D eigenvalue weighted by Crippen LogP contribution is 2.37. The SMILES string of the molecule is O=C(CN1C(=O)CSc2ccc(S(=O)(=O)N3CCOCC3)cc21)NC1CCCC1. The highest BCUT2D eigenvalue weighted by Gasteiger charge is 2.31. The van der Waals surface area contributed by atoms with Gasteiger partial charge in [-0.25, -0.2) is 8.42 Å². The van der Waals surface area contributed by atoms with Gasteiger partial charge in [0.25, 0.3) is 0 Å². The van der Waals surface area contributed by atoms with Crippen molar-refractivity contribution in [2.24, 2.45) is 0 Å². The van der Waals surface area contributed by atoms with E-state index in [1.165, 1.54) is 27.0 Å². The average Bonchev–Trinajstić information content (AvgIpc) is 3.23. The zero-order valence-corrected chi connectivity index (χ0v) is 17.8. The van der Waals surface area contributed by atoms with Crippen LogP contribution in [0.5, 0.6) is 0 Å². The summed E-state index contributed by atoms with van der Waals surface area (Å²) in [6.07, 6.45) is 4.15. The lowest BCUT2D eigenvalue weighted by molar-refractivity contribution is -0.123. The third-order valence-electron chi connectivity index (χ3n) is 5.50. The van der Waals surface area contributed by atoms with Gasteiger partial charge in [-0.3, -0.25) is 9.59 Å². The van der Waals surface area contributed by atoms with Crippen LogP contribution < -0.4 is 10.2 Å². The Bertz CT molecular complexity index is 893. The molecule has 0 radical (unpaired) electrons. The van der Waals surface area contributed by atoms with E-state index in [9.17, 15) is 18.0 Å². The molecule has 1 saturated carbocycles. The van der Waals surface area contributed by atoms with Crippen molar-refractivity contribution >= 4 is 39.3 Å². The van der Waals surface area contributed by atoms with Crippen LogP contribution in [0, 0.1) is 0 Å². The van der Waals surface area contributed by atoms with Crippen LogP contribution in [0.2, 0.25) is 0 Å². The molecule has 2 heterocycles. The fraction of sp³-hybridized carbons (Fsp3) is 0.579. The van der Waals surface area contributed by atoms with Gasteiger partial charge in [-0.1, -0.05) is 12.8 Å². The number of morpholine rings is 1. The number of benzene rings is 1. The minimum absolute atomic E-state index is 0.0933. The number of hydrogen-bond acceptors (Lipinski definition) is 6. The van der Waals surface area contributed by atoms with Gasteiger partial charge in [0.05, 0.1) is 29.5 Å². The van der Waals surface area contributed by atoms with Gasteiger partial charge < -0.3 is 15.0 Å². The number of nitrogens with one attached hydrogen (secondary N) is 1. The van der Waals surface area contributed by atoms with E-state index >= 15 is 0 Å². The Kier molecular flexibility index (Phi) is 6.14. The van der Waals surface area contributed by atoms with Crippen molar-refractivity contribution < 1.29 is 22.7 Å². The first-order chi connectivity index (χ1) is 13.9. The van der Waals surface area contributed by atoms with Crippen LogP contribution >= 0.6 is 11.8 Å². The number of fused-ring (bicyclic) bond motifs is 1. The van der Waals surface area contributed by atoms with E-state index in [0.717, 1.165) is 30.6 Å². The summed E-state index contributed by atoms with van der Waals surface area (Å²) < 4.78 is 32.6. The Morgan fingerprint density at radius 1 is 1.21 bits per heavy atom. The molecule has 2 aliphatic heterocycles. The normalized spacial score (nSPS) is 21.2. The van der Waals surface area contributed by atoms with Crippen molar-refractivity contribution in [3.63, 3.8) is 0 Å². The van der Waals surface area contributed by atoms with Crippen LogP contribution in [-0.4, -0.2) is 69.2 Å². The standard InChI is InChI=1S/C19H25N3O5S2/c23-18(20-14-3-1-2-4-14)12-22-16-11-15(5-6-17(16)28-13-19(22)24)29(25,26)21-7-9-27-10-8-21/h5-6,11,14H,1-4,7-10,12-13H2,(H,20,23). The number of rotatable bonds is 5. The van der Waals surface area contributed by atoms with Crippen molar-refractivity contribution in [3.8, 4) is 0 Å². The Morgan fingerprint density at radius 2 is 1.93 bits per heavy atom. The Labute approximate surface area is 175 Å². The van der Waals surface area contributed by atoms with Gasteiger partial charge in [-0.15, -0.1) is 11.8 Å². The van der Waals surface area contributed by atoms with Crippen molar-refractivity contribution in [1.29, 1.82) is 0 Å². The molecule has 1 saturated heterocycles. The van der Waals surface area contributed by atoms with Crippen LogP contribution in [0.3, 0.4) is 0 Å². The monoisotopic (exact) mass is 439 g/mol. The molecule has 10 heteroatoms. The lowest BCUT2D eigenvalue weighted by Gasteiger charge is -2.30. The van der Waals surface area contributed by atoms with E-state index in [4.69, 9.17) is 4.74 Å². The zero-order chi connectivity index (χ0) is 20.4. The molecule has 4 rings (SSSR count). The number of sulfonamides is 1. The summed E-state index contributed by atoms with van der Waals surface area (Å²) >= 11 is 1.36. The summed E-state index contributed by atoms with van der Waals surface area (Å²) in [4.78, 5) is 27.4. The third-order valence-corrected chi connectivity index (χ3v) is 8.45. The van der Waals surface area contributed by atoms with Gasteiger partial charge in [-0.2, -0.15) is 4.31 Å². The Morgan fingerprint density at radius 3 is 2.66 bits per heavy atom. The molecular formula is C19H25N3O5S2. The molecule has 1 aliphatic carbocycles. The number of carbonyl (C=O) groups is 2. The molecule has 2 fully saturated rings. The predicted molar refractivity (Wildman–Crippen MR) is 109 cm³/mol. The second kappa shape index (κ2) is 8.63. The smallest absolute Gasteiger partial charge is 0.243 e. The number of amides is 2. The van der Waals surface area contributed by atoms with Crippen molar-refractivity contribution in [2.45, 2.75) is 41.5 Å². The molecule has 0 bridgehead atoms. The van der Waals surface area contributed by atoms with Crippen LogP contribution in [-0.2, 0) is 24.3 Å². The maximum Gasteiger partial charge on any atom is 0.243 e. The second-order valence-electron chi connectivity index (χ2n) is 7.46. The first-order valence-corrected chi connectivity index (χ1v) is 12.3. The lowest BCUT2D eigenvalue weighted by atomic mass is 10.2. The van der Waals surface area contributed by atoms with Crippen LogP contribution in [0.1, 0.15) is 25.7 Å². The predicted octanol–water partition coefficient (Wildman–Crippen LogP) is 1.20. The zero-order valence-electron chi connectivity index (χ0n) is 16.1. The largest absolute Gasteiger partial charge is 0.379 e. The molecule has 1 N–H and O–H groups in total. The molecule has 0 unspecified atom stereocenters. The Hall–Kier alpha value is -1.62. The van der Waals surface area contributed by atoms with Gasteiger partial charge in [0.2, 0.25) is 21.8 Å². The minimum atomic E-state index is -3.68. The van der Waals surface area contributed by atoms with Gasteiger partial charge in [0.1, 0.15) is 6.54 Å². The van der Waals surface area contributed by atoms with E-state index in [0.29, 0.717) is 32.0 Å².